The SMILES string of the molecule is O=C(CCn1ccc(C(=O)O)n1)Nc1ccc(F)c(F)c1. The Hall–Kier alpha value is -2.77. The number of carbonyl (C=O) groups is 2. The largest absolute Gasteiger partial charge is 0.476 e. The molecule has 2 rings (SSSR count). The number of rotatable bonds is 5. The molecular formula is C13H11F2N3O3. The zero-order valence-electron chi connectivity index (χ0n) is 10.7. The fourth-order valence-corrected chi connectivity index (χ4v) is 1.61. The van der Waals surface area contributed by atoms with E-state index < -0.39 is 23.5 Å². The van der Waals surface area contributed by atoms with Gasteiger partial charge >= 0.3 is 5.97 Å². The number of amides is 1. The van der Waals surface area contributed by atoms with Crippen molar-refractivity contribution in [1.82, 2.24) is 9.78 Å². The highest BCUT2D eigenvalue weighted by molar-refractivity contribution is 5.90. The number of hydrogen-bond acceptors (Lipinski definition) is 3. The van der Waals surface area contributed by atoms with Crippen LogP contribution in [0.5, 0.6) is 0 Å². The van der Waals surface area contributed by atoms with Crippen molar-refractivity contribution in [3.05, 3.63) is 47.8 Å². The molecule has 0 spiro atoms. The van der Waals surface area contributed by atoms with Crippen molar-refractivity contribution in [3.63, 3.8) is 0 Å². The highest BCUT2D eigenvalue weighted by Gasteiger charge is 2.09. The zero-order chi connectivity index (χ0) is 15.4. The summed E-state index contributed by atoms with van der Waals surface area (Å²) in [5.74, 6) is -3.62. The van der Waals surface area contributed by atoms with Gasteiger partial charge in [-0.1, -0.05) is 0 Å². The zero-order valence-corrected chi connectivity index (χ0v) is 10.7. The van der Waals surface area contributed by atoms with Crippen LogP contribution in [0.15, 0.2) is 30.5 Å². The first kappa shape index (κ1) is 14.6. The summed E-state index contributed by atoms with van der Waals surface area (Å²) >= 11 is 0. The number of carboxylic acids is 1. The molecule has 21 heavy (non-hydrogen) atoms. The predicted molar refractivity (Wildman–Crippen MR) is 68.8 cm³/mol. The number of nitrogens with zero attached hydrogens (tertiary/aromatic N) is 2. The van der Waals surface area contributed by atoms with E-state index in [-0.39, 0.29) is 24.3 Å². The Labute approximate surface area is 118 Å². The molecule has 8 heteroatoms. The summed E-state index contributed by atoms with van der Waals surface area (Å²) < 4.78 is 27.0. The average Bonchev–Trinajstić information content (AvgIpc) is 2.90. The number of hydrogen-bond donors (Lipinski definition) is 2. The van der Waals surface area contributed by atoms with Crippen LogP contribution in [-0.4, -0.2) is 26.8 Å². The molecule has 0 radical (unpaired) electrons. The van der Waals surface area contributed by atoms with E-state index in [1.807, 2.05) is 0 Å². The lowest BCUT2D eigenvalue weighted by molar-refractivity contribution is -0.116. The van der Waals surface area contributed by atoms with Gasteiger partial charge in [-0.25, -0.2) is 13.6 Å². The third-order valence-corrected chi connectivity index (χ3v) is 2.63. The van der Waals surface area contributed by atoms with E-state index in [2.05, 4.69) is 10.4 Å². The number of carboxylic acid groups (broad SMARTS) is 1. The second-order valence-electron chi connectivity index (χ2n) is 4.20. The minimum atomic E-state index is -1.15. The molecule has 0 unspecified atom stereocenters. The third kappa shape index (κ3) is 3.85. The number of nitrogens with one attached hydrogen (secondary N) is 1. The molecule has 110 valence electrons. The molecule has 2 N–H and O–H groups in total. The van der Waals surface area contributed by atoms with Crippen molar-refractivity contribution in [1.29, 1.82) is 0 Å². The van der Waals surface area contributed by atoms with Crippen LogP contribution in [0.2, 0.25) is 0 Å². The van der Waals surface area contributed by atoms with Crippen molar-refractivity contribution in [2.75, 3.05) is 5.32 Å². The van der Waals surface area contributed by atoms with Crippen molar-refractivity contribution in [2.45, 2.75) is 13.0 Å². The summed E-state index contributed by atoms with van der Waals surface area (Å²) in [5.41, 5.74) is 0.0293. The molecule has 0 saturated carbocycles. The lowest BCUT2D eigenvalue weighted by Crippen LogP contribution is -2.15. The molecular weight excluding hydrogens is 284 g/mol. The lowest BCUT2D eigenvalue weighted by atomic mass is 10.3. The Morgan fingerprint density at radius 2 is 2.00 bits per heavy atom. The fourth-order valence-electron chi connectivity index (χ4n) is 1.61. The molecule has 0 aliphatic rings. The third-order valence-electron chi connectivity index (χ3n) is 2.63. The van der Waals surface area contributed by atoms with Gasteiger partial charge in [0.15, 0.2) is 17.3 Å². The van der Waals surface area contributed by atoms with Gasteiger partial charge in [-0.05, 0) is 18.2 Å². The average molecular weight is 295 g/mol. The monoisotopic (exact) mass is 295 g/mol. The van der Waals surface area contributed by atoms with Crippen molar-refractivity contribution < 1.29 is 23.5 Å². The Morgan fingerprint density at radius 1 is 1.24 bits per heavy atom. The first-order chi connectivity index (χ1) is 9.95. The summed E-state index contributed by atoms with van der Waals surface area (Å²) in [7, 11) is 0. The number of benzene rings is 1. The number of halogens is 2. The van der Waals surface area contributed by atoms with Crippen molar-refractivity contribution in [3.8, 4) is 0 Å². The van der Waals surface area contributed by atoms with E-state index in [1.165, 1.54) is 23.0 Å². The summed E-state index contributed by atoms with van der Waals surface area (Å²) in [4.78, 5) is 22.3. The molecule has 0 aliphatic heterocycles. The van der Waals surface area contributed by atoms with Crippen LogP contribution in [-0.2, 0) is 11.3 Å². The minimum absolute atomic E-state index is 0.0136. The van der Waals surface area contributed by atoms with Gasteiger partial charge < -0.3 is 10.4 Å². The van der Waals surface area contributed by atoms with Gasteiger partial charge in [0.25, 0.3) is 0 Å². The molecule has 2 aromatic rings. The first-order valence-corrected chi connectivity index (χ1v) is 5.97. The van der Waals surface area contributed by atoms with E-state index in [0.717, 1.165) is 12.1 Å². The molecule has 0 saturated heterocycles. The number of aryl methyl sites for hydroxylation is 1. The highest BCUT2D eigenvalue weighted by Crippen LogP contribution is 2.13. The molecule has 1 aromatic carbocycles. The number of carbonyl (C=O) groups excluding carboxylic acids is 1. The molecule has 1 heterocycles. The molecule has 0 aliphatic carbocycles. The van der Waals surface area contributed by atoms with Gasteiger partial charge in [-0.15, -0.1) is 0 Å². The van der Waals surface area contributed by atoms with Crippen LogP contribution in [0.25, 0.3) is 0 Å². The van der Waals surface area contributed by atoms with Crippen LogP contribution in [0.4, 0.5) is 14.5 Å². The van der Waals surface area contributed by atoms with E-state index >= 15 is 0 Å². The van der Waals surface area contributed by atoms with Crippen molar-refractivity contribution >= 4 is 17.6 Å². The standard InChI is InChI=1S/C13H11F2N3O3/c14-9-2-1-8(7-10(9)15)16-12(19)4-6-18-5-3-11(17-18)13(20)21/h1-3,5,7H,4,6H2,(H,16,19)(H,20,21). The Bertz CT molecular complexity index is 685. The van der Waals surface area contributed by atoms with Crippen LogP contribution < -0.4 is 5.32 Å². The first-order valence-electron chi connectivity index (χ1n) is 5.97. The van der Waals surface area contributed by atoms with E-state index in [4.69, 9.17) is 5.11 Å². The van der Waals surface area contributed by atoms with E-state index in [1.54, 1.807) is 0 Å². The molecule has 0 fully saturated rings. The molecule has 0 atom stereocenters. The number of aromatic carboxylic acids is 1. The maximum Gasteiger partial charge on any atom is 0.356 e. The quantitative estimate of drug-likeness (QED) is 0.882. The van der Waals surface area contributed by atoms with Crippen molar-refractivity contribution in [2.24, 2.45) is 0 Å². The summed E-state index contributed by atoms with van der Waals surface area (Å²) in [6.07, 6.45) is 1.45. The summed E-state index contributed by atoms with van der Waals surface area (Å²) in [6.45, 7) is 0.169. The smallest absolute Gasteiger partial charge is 0.356 e. The number of anilines is 1. The Balaban J connectivity index is 1.89. The molecule has 1 aromatic heterocycles. The highest BCUT2D eigenvalue weighted by atomic mass is 19.2. The van der Waals surface area contributed by atoms with Crippen LogP contribution in [0, 0.1) is 11.6 Å². The second kappa shape index (κ2) is 6.12. The van der Waals surface area contributed by atoms with E-state index in [9.17, 15) is 18.4 Å². The van der Waals surface area contributed by atoms with Crippen LogP contribution in [0.1, 0.15) is 16.9 Å². The Kier molecular flexibility index (Phi) is 4.27. The van der Waals surface area contributed by atoms with Gasteiger partial charge in [0.1, 0.15) is 0 Å². The van der Waals surface area contributed by atoms with Gasteiger partial charge in [-0.3, -0.25) is 9.48 Å². The van der Waals surface area contributed by atoms with Crippen LogP contribution in [0.3, 0.4) is 0 Å². The van der Waals surface area contributed by atoms with Gasteiger partial charge in [-0.2, -0.15) is 5.10 Å². The maximum atomic E-state index is 13.0. The summed E-state index contributed by atoms with van der Waals surface area (Å²) in [6, 6.07) is 4.35. The number of aromatic nitrogens is 2. The minimum Gasteiger partial charge on any atom is -0.476 e. The predicted octanol–water partition coefficient (Wildman–Crippen LogP) is 1.89. The lowest BCUT2D eigenvalue weighted by Gasteiger charge is -2.05. The maximum absolute atomic E-state index is 13.0. The van der Waals surface area contributed by atoms with Crippen LogP contribution >= 0.6 is 0 Å². The van der Waals surface area contributed by atoms with E-state index in [0.29, 0.717) is 0 Å². The fraction of sp³-hybridized carbons (Fsp3) is 0.154. The normalized spacial score (nSPS) is 10.4. The summed E-state index contributed by atoms with van der Waals surface area (Å²) in [5, 5.41) is 14.8. The molecule has 1 amide bonds. The van der Waals surface area contributed by atoms with Gasteiger partial charge in [0.2, 0.25) is 5.91 Å². The second-order valence-corrected chi connectivity index (χ2v) is 4.20. The molecule has 6 nitrogen and oxygen atoms in total. The Morgan fingerprint density at radius 3 is 2.62 bits per heavy atom. The molecule has 0 bridgehead atoms. The topological polar surface area (TPSA) is 84.2 Å². The van der Waals surface area contributed by atoms with Gasteiger partial charge in [0, 0.05) is 30.9 Å². The van der Waals surface area contributed by atoms with Gasteiger partial charge in [0.05, 0.1) is 0 Å².